The van der Waals surface area contributed by atoms with Crippen LogP contribution in [0.4, 0.5) is 5.69 Å². The first-order valence-corrected chi connectivity index (χ1v) is 8.00. The largest absolute Gasteiger partial charge is 0.482 e. The second-order valence-corrected chi connectivity index (χ2v) is 5.67. The Labute approximate surface area is 127 Å². The SMILES string of the molecule is CSCC[C@H](CO)NC(=O)c1ccc2c(c1)NC(=O)CO2. The molecule has 2 amide bonds. The summed E-state index contributed by atoms with van der Waals surface area (Å²) in [4.78, 5) is 23.4. The molecule has 0 unspecified atom stereocenters. The Morgan fingerprint density at radius 2 is 2.38 bits per heavy atom. The zero-order chi connectivity index (χ0) is 15.2. The van der Waals surface area contributed by atoms with Gasteiger partial charge in [-0.25, -0.2) is 0 Å². The minimum Gasteiger partial charge on any atom is -0.482 e. The number of fused-ring (bicyclic) bond motifs is 1. The third-order valence-electron chi connectivity index (χ3n) is 3.10. The van der Waals surface area contributed by atoms with E-state index in [2.05, 4.69) is 10.6 Å². The third-order valence-corrected chi connectivity index (χ3v) is 3.74. The summed E-state index contributed by atoms with van der Waals surface area (Å²) in [6.45, 7) is -0.114. The van der Waals surface area contributed by atoms with E-state index in [1.165, 1.54) is 0 Å². The summed E-state index contributed by atoms with van der Waals surface area (Å²) >= 11 is 1.66. The van der Waals surface area contributed by atoms with Gasteiger partial charge in [-0.3, -0.25) is 9.59 Å². The summed E-state index contributed by atoms with van der Waals surface area (Å²) in [6, 6.07) is 4.59. The van der Waals surface area contributed by atoms with Gasteiger partial charge < -0.3 is 20.5 Å². The molecule has 0 bridgehead atoms. The van der Waals surface area contributed by atoms with Gasteiger partial charge in [-0.15, -0.1) is 0 Å². The predicted molar refractivity (Wildman–Crippen MR) is 81.9 cm³/mol. The van der Waals surface area contributed by atoms with Gasteiger partial charge in [-0.2, -0.15) is 11.8 Å². The number of aliphatic hydroxyl groups excluding tert-OH is 1. The quantitative estimate of drug-likeness (QED) is 0.725. The molecule has 0 radical (unpaired) electrons. The lowest BCUT2D eigenvalue weighted by atomic mass is 10.1. The number of anilines is 1. The Bertz CT molecular complexity index is 536. The van der Waals surface area contributed by atoms with Gasteiger partial charge in [-0.1, -0.05) is 0 Å². The number of carbonyl (C=O) groups excluding carboxylic acids is 2. The van der Waals surface area contributed by atoms with E-state index in [4.69, 9.17) is 4.74 Å². The number of ether oxygens (including phenoxy) is 1. The summed E-state index contributed by atoms with van der Waals surface area (Å²) in [6.07, 6.45) is 2.68. The van der Waals surface area contributed by atoms with Crippen molar-refractivity contribution in [1.29, 1.82) is 0 Å². The van der Waals surface area contributed by atoms with E-state index in [0.29, 0.717) is 23.4 Å². The molecular formula is C14H18N2O4S. The van der Waals surface area contributed by atoms with Gasteiger partial charge in [0.15, 0.2) is 6.61 Å². The molecule has 0 saturated heterocycles. The standard InChI is InChI=1S/C14H18N2O4S/c1-21-5-4-10(7-17)15-14(19)9-2-3-12-11(6-9)16-13(18)8-20-12/h2-3,6,10,17H,4-5,7-8H2,1H3,(H,15,19)(H,16,18)/t10-/m1/s1. The molecule has 21 heavy (non-hydrogen) atoms. The van der Waals surface area contributed by atoms with Crippen LogP contribution in [0, 0.1) is 0 Å². The van der Waals surface area contributed by atoms with Gasteiger partial charge in [0.25, 0.3) is 11.8 Å². The Kier molecular flexibility index (Phi) is 5.46. The number of thioether (sulfide) groups is 1. The molecule has 1 aromatic carbocycles. The van der Waals surface area contributed by atoms with Gasteiger partial charge in [0.1, 0.15) is 5.75 Å². The van der Waals surface area contributed by atoms with Crippen LogP contribution < -0.4 is 15.4 Å². The summed E-state index contributed by atoms with van der Waals surface area (Å²) in [5.74, 6) is 0.887. The van der Waals surface area contributed by atoms with Gasteiger partial charge in [0.05, 0.1) is 18.3 Å². The number of hydrogen-bond donors (Lipinski definition) is 3. The van der Waals surface area contributed by atoms with E-state index < -0.39 is 0 Å². The topological polar surface area (TPSA) is 87.7 Å². The van der Waals surface area contributed by atoms with E-state index in [1.807, 2.05) is 6.26 Å². The number of carbonyl (C=O) groups is 2. The van der Waals surface area contributed by atoms with Crippen LogP contribution in [-0.2, 0) is 4.79 Å². The van der Waals surface area contributed by atoms with Crippen LogP contribution in [0.2, 0.25) is 0 Å². The number of amides is 2. The molecule has 1 aliphatic rings. The maximum atomic E-state index is 12.2. The van der Waals surface area contributed by atoms with Crippen LogP contribution in [0.1, 0.15) is 16.8 Å². The number of nitrogens with one attached hydrogen (secondary N) is 2. The Balaban J connectivity index is 2.05. The Morgan fingerprint density at radius 3 is 3.10 bits per heavy atom. The number of hydrogen-bond acceptors (Lipinski definition) is 5. The third kappa shape index (κ3) is 4.12. The van der Waals surface area contributed by atoms with Crippen LogP contribution in [-0.4, -0.2) is 48.2 Å². The lowest BCUT2D eigenvalue weighted by molar-refractivity contribution is -0.118. The van der Waals surface area contributed by atoms with Crippen molar-refractivity contribution in [3.8, 4) is 5.75 Å². The van der Waals surface area contributed by atoms with Gasteiger partial charge >= 0.3 is 0 Å². The van der Waals surface area contributed by atoms with Crippen molar-refractivity contribution < 1.29 is 19.4 Å². The Hall–Kier alpha value is -1.73. The summed E-state index contributed by atoms with van der Waals surface area (Å²) in [7, 11) is 0. The minimum absolute atomic E-state index is 0.0141. The highest BCUT2D eigenvalue weighted by Gasteiger charge is 2.19. The molecule has 0 aromatic heterocycles. The van der Waals surface area contributed by atoms with Gasteiger partial charge in [0, 0.05) is 5.56 Å². The van der Waals surface area contributed by atoms with Crippen LogP contribution in [0.3, 0.4) is 0 Å². The van der Waals surface area contributed by atoms with E-state index in [-0.39, 0.29) is 31.1 Å². The zero-order valence-corrected chi connectivity index (χ0v) is 12.5. The predicted octanol–water partition coefficient (Wildman–Crippen LogP) is 0.861. The molecule has 2 rings (SSSR count). The van der Waals surface area contributed by atoms with Crippen molar-refractivity contribution in [2.24, 2.45) is 0 Å². The normalized spacial score (nSPS) is 14.7. The van der Waals surface area contributed by atoms with E-state index >= 15 is 0 Å². The van der Waals surface area contributed by atoms with Crippen LogP contribution in [0.5, 0.6) is 5.75 Å². The summed E-state index contributed by atoms with van der Waals surface area (Å²) in [5, 5.41) is 14.7. The van der Waals surface area contributed by atoms with Gasteiger partial charge in [-0.05, 0) is 36.6 Å². The molecular weight excluding hydrogens is 292 g/mol. The molecule has 1 heterocycles. The van der Waals surface area contributed by atoms with E-state index in [9.17, 15) is 14.7 Å². The second-order valence-electron chi connectivity index (χ2n) is 4.68. The Morgan fingerprint density at radius 1 is 1.57 bits per heavy atom. The fraction of sp³-hybridized carbons (Fsp3) is 0.429. The molecule has 0 saturated carbocycles. The highest BCUT2D eigenvalue weighted by Crippen LogP contribution is 2.28. The smallest absolute Gasteiger partial charge is 0.262 e. The summed E-state index contributed by atoms with van der Waals surface area (Å²) in [5.41, 5.74) is 0.908. The fourth-order valence-electron chi connectivity index (χ4n) is 1.96. The highest BCUT2D eigenvalue weighted by atomic mass is 32.2. The molecule has 1 aliphatic heterocycles. The van der Waals surface area contributed by atoms with Crippen molar-refractivity contribution in [3.05, 3.63) is 23.8 Å². The first-order valence-electron chi connectivity index (χ1n) is 6.61. The zero-order valence-electron chi connectivity index (χ0n) is 11.7. The van der Waals surface area contributed by atoms with Crippen LogP contribution >= 0.6 is 11.8 Å². The number of benzene rings is 1. The average Bonchev–Trinajstić information content (AvgIpc) is 2.50. The molecule has 0 spiro atoms. The molecule has 0 aliphatic carbocycles. The van der Waals surface area contributed by atoms with Crippen LogP contribution in [0.15, 0.2) is 18.2 Å². The van der Waals surface area contributed by atoms with E-state index in [1.54, 1.807) is 30.0 Å². The fourth-order valence-corrected chi connectivity index (χ4v) is 2.48. The molecule has 0 fully saturated rings. The first kappa shape index (κ1) is 15.7. The maximum absolute atomic E-state index is 12.2. The van der Waals surface area contributed by atoms with Crippen molar-refractivity contribution in [1.82, 2.24) is 5.32 Å². The van der Waals surface area contributed by atoms with Crippen molar-refractivity contribution in [2.45, 2.75) is 12.5 Å². The molecule has 6 nitrogen and oxygen atoms in total. The molecule has 3 N–H and O–H groups in total. The second kappa shape index (κ2) is 7.33. The van der Waals surface area contributed by atoms with Crippen LogP contribution in [0.25, 0.3) is 0 Å². The number of aliphatic hydroxyl groups is 1. The summed E-state index contributed by atoms with van der Waals surface area (Å²) < 4.78 is 5.24. The minimum atomic E-state index is -0.280. The molecule has 1 atom stereocenters. The van der Waals surface area contributed by atoms with E-state index in [0.717, 1.165) is 5.75 Å². The first-order chi connectivity index (χ1) is 10.1. The molecule has 1 aromatic rings. The van der Waals surface area contributed by atoms with Crippen molar-refractivity contribution in [2.75, 3.05) is 30.5 Å². The monoisotopic (exact) mass is 310 g/mol. The van der Waals surface area contributed by atoms with Gasteiger partial charge in [0.2, 0.25) is 0 Å². The lowest BCUT2D eigenvalue weighted by Crippen LogP contribution is -2.38. The molecule has 7 heteroatoms. The average molecular weight is 310 g/mol. The maximum Gasteiger partial charge on any atom is 0.262 e. The molecule has 114 valence electrons. The van der Waals surface area contributed by atoms with Crippen molar-refractivity contribution in [3.63, 3.8) is 0 Å². The lowest BCUT2D eigenvalue weighted by Gasteiger charge is -2.19. The number of rotatable bonds is 6. The highest BCUT2D eigenvalue weighted by molar-refractivity contribution is 7.98. The van der Waals surface area contributed by atoms with Crippen molar-refractivity contribution >= 4 is 29.3 Å².